The summed E-state index contributed by atoms with van der Waals surface area (Å²) >= 11 is 5.94. The zero-order chi connectivity index (χ0) is 26.5. The normalized spacial score (nSPS) is 12.0. The molecule has 1 atom stereocenters. The van der Waals surface area contributed by atoms with Crippen LogP contribution >= 0.6 is 11.6 Å². The van der Waals surface area contributed by atoms with Crippen molar-refractivity contribution in [3.63, 3.8) is 0 Å². The predicted molar refractivity (Wildman–Crippen MR) is 138 cm³/mol. The van der Waals surface area contributed by atoms with Gasteiger partial charge in [0.15, 0.2) is 0 Å². The fourth-order valence-corrected chi connectivity index (χ4v) is 5.09. The van der Waals surface area contributed by atoms with Gasteiger partial charge in [0.2, 0.25) is 11.8 Å². The molecule has 0 fully saturated rings. The molecule has 1 N–H and O–H groups in total. The Kier molecular flexibility index (Phi) is 8.70. The summed E-state index contributed by atoms with van der Waals surface area (Å²) in [5, 5.41) is 2.88. The number of benzene rings is 3. The first kappa shape index (κ1) is 27.2. The Bertz CT molecular complexity index is 1310. The van der Waals surface area contributed by atoms with Crippen LogP contribution in [0.2, 0.25) is 5.02 Å². The van der Waals surface area contributed by atoms with E-state index in [1.54, 1.807) is 31.2 Å². The summed E-state index contributed by atoms with van der Waals surface area (Å²) in [4.78, 5) is 27.3. The number of likely N-dealkylation sites (N-methyl/N-ethyl adjacent to an activating group) is 1. The number of hydrogen-bond acceptors (Lipinski definition) is 4. The average Bonchev–Trinajstić information content (AvgIpc) is 2.86. The van der Waals surface area contributed by atoms with Gasteiger partial charge in [-0.1, -0.05) is 41.4 Å². The van der Waals surface area contributed by atoms with Crippen LogP contribution in [0.25, 0.3) is 0 Å². The van der Waals surface area contributed by atoms with E-state index in [1.165, 1.54) is 60.5 Å². The summed E-state index contributed by atoms with van der Waals surface area (Å²) in [6, 6.07) is 17.0. The van der Waals surface area contributed by atoms with Gasteiger partial charge in [-0.05, 0) is 67.9 Å². The minimum Gasteiger partial charge on any atom is -0.357 e. The largest absolute Gasteiger partial charge is 0.357 e. The van der Waals surface area contributed by atoms with Gasteiger partial charge >= 0.3 is 0 Å². The number of nitrogens with zero attached hydrogens (tertiary/aromatic N) is 2. The molecule has 0 aliphatic heterocycles. The lowest BCUT2D eigenvalue weighted by Gasteiger charge is -2.31. The lowest BCUT2D eigenvalue weighted by atomic mass is 10.1. The molecule has 3 aromatic rings. The first-order valence-corrected chi connectivity index (χ1v) is 12.9. The Morgan fingerprint density at radius 2 is 1.56 bits per heavy atom. The molecule has 0 saturated carbocycles. The smallest absolute Gasteiger partial charge is 0.264 e. The molecule has 0 spiro atoms. The number of aryl methyl sites for hydroxylation is 1. The van der Waals surface area contributed by atoms with Gasteiger partial charge < -0.3 is 10.2 Å². The van der Waals surface area contributed by atoms with Crippen molar-refractivity contribution in [2.75, 3.05) is 17.9 Å². The average molecular weight is 532 g/mol. The van der Waals surface area contributed by atoms with Gasteiger partial charge in [0.1, 0.15) is 18.4 Å². The van der Waals surface area contributed by atoms with Gasteiger partial charge in [0.25, 0.3) is 10.0 Å². The number of halogens is 2. The van der Waals surface area contributed by atoms with Crippen molar-refractivity contribution in [1.82, 2.24) is 10.2 Å². The van der Waals surface area contributed by atoms with Gasteiger partial charge in [0, 0.05) is 18.6 Å². The highest BCUT2D eigenvalue weighted by atomic mass is 35.5. The quantitative estimate of drug-likeness (QED) is 0.449. The van der Waals surface area contributed by atoms with E-state index in [0.29, 0.717) is 16.3 Å². The third kappa shape index (κ3) is 6.41. The molecule has 0 aromatic heterocycles. The topological polar surface area (TPSA) is 86.8 Å². The van der Waals surface area contributed by atoms with Crippen LogP contribution in [0.4, 0.5) is 10.1 Å². The van der Waals surface area contributed by atoms with Crippen molar-refractivity contribution in [2.24, 2.45) is 0 Å². The van der Waals surface area contributed by atoms with E-state index in [1.807, 2.05) is 6.92 Å². The number of carbonyl (C=O) groups is 2. The van der Waals surface area contributed by atoms with Crippen molar-refractivity contribution < 1.29 is 22.4 Å². The molecule has 0 saturated heterocycles. The summed E-state index contributed by atoms with van der Waals surface area (Å²) < 4.78 is 41.7. The fourth-order valence-electron chi connectivity index (χ4n) is 3.55. The number of rotatable bonds is 9. The van der Waals surface area contributed by atoms with Gasteiger partial charge in [-0.3, -0.25) is 13.9 Å². The summed E-state index contributed by atoms with van der Waals surface area (Å²) in [5.74, 6) is -1.46. The van der Waals surface area contributed by atoms with Crippen LogP contribution in [0.15, 0.2) is 77.7 Å². The number of amides is 2. The molecular formula is C26H27ClFN3O4S. The van der Waals surface area contributed by atoms with Gasteiger partial charge in [-0.2, -0.15) is 0 Å². The van der Waals surface area contributed by atoms with E-state index in [-0.39, 0.29) is 11.4 Å². The van der Waals surface area contributed by atoms with E-state index in [2.05, 4.69) is 5.32 Å². The number of carbonyl (C=O) groups excluding carboxylic acids is 2. The van der Waals surface area contributed by atoms with Crippen LogP contribution < -0.4 is 9.62 Å². The third-order valence-corrected chi connectivity index (χ3v) is 7.72. The second-order valence-electron chi connectivity index (χ2n) is 8.24. The second-order valence-corrected chi connectivity index (χ2v) is 10.5. The van der Waals surface area contributed by atoms with E-state index >= 15 is 0 Å². The number of anilines is 1. The van der Waals surface area contributed by atoms with Gasteiger partial charge in [-0.15, -0.1) is 0 Å². The van der Waals surface area contributed by atoms with E-state index in [4.69, 9.17) is 11.6 Å². The Morgan fingerprint density at radius 3 is 2.11 bits per heavy atom. The summed E-state index contributed by atoms with van der Waals surface area (Å²) in [7, 11) is -2.72. The molecule has 0 radical (unpaired) electrons. The highest BCUT2D eigenvalue weighted by molar-refractivity contribution is 7.92. The predicted octanol–water partition coefficient (Wildman–Crippen LogP) is 4.15. The molecule has 190 valence electrons. The minimum atomic E-state index is -4.17. The van der Waals surface area contributed by atoms with E-state index in [9.17, 15) is 22.4 Å². The molecule has 0 heterocycles. The Morgan fingerprint density at radius 1 is 0.972 bits per heavy atom. The maximum Gasteiger partial charge on any atom is 0.264 e. The van der Waals surface area contributed by atoms with Crippen molar-refractivity contribution in [3.05, 3.63) is 94.8 Å². The van der Waals surface area contributed by atoms with Crippen LogP contribution in [0, 0.1) is 12.7 Å². The van der Waals surface area contributed by atoms with Gasteiger partial charge in [-0.25, -0.2) is 12.8 Å². The molecule has 7 nitrogen and oxygen atoms in total. The monoisotopic (exact) mass is 531 g/mol. The Labute approximate surface area is 215 Å². The molecule has 3 aromatic carbocycles. The zero-order valence-corrected chi connectivity index (χ0v) is 21.7. The van der Waals surface area contributed by atoms with Crippen LogP contribution in [0.1, 0.15) is 18.1 Å². The zero-order valence-electron chi connectivity index (χ0n) is 20.1. The van der Waals surface area contributed by atoms with E-state index < -0.39 is 40.2 Å². The highest BCUT2D eigenvalue weighted by Gasteiger charge is 2.32. The SMILES string of the molecule is CNC(=O)[C@H](C)N(Cc1ccc(F)cc1)C(=O)CN(c1ccc(C)cc1)S(=O)(=O)c1ccc(Cl)cc1. The lowest BCUT2D eigenvalue weighted by Crippen LogP contribution is -2.50. The number of hydrogen-bond donors (Lipinski definition) is 1. The standard InChI is InChI=1S/C26H27ClFN3O4S/c1-18-4-12-23(13-5-18)31(36(34,35)24-14-8-21(27)9-15-24)17-25(32)30(19(2)26(33)29-3)16-20-6-10-22(28)11-7-20/h4-15,19H,16-17H2,1-3H3,(H,29,33)/t19-/m0/s1. The molecule has 36 heavy (non-hydrogen) atoms. The van der Waals surface area contributed by atoms with Crippen LogP contribution in [-0.4, -0.2) is 44.8 Å². The van der Waals surface area contributed by atoms with Crippen molar-refractivity contribution in [2.45, 2.75) is 31.3 Å². The highest BCUT2D eigenvalue weighted by Crippen LogP contribution is 2.26. The fraction of sp³-hybridized carbons (Fsp3) is 0.231. The minimum absolute atomic E-state index is 0.0174. The van der Waals surface area contributed by atoms with Crippen LogP contribution in [-0.2, 0) is 26.2 Å². The van der Waals surface area contributed by atoms with Gasteiger partial charge in [0.05, 0.1) is 10.6 Å². The van der Waals surface area contributed by atoms with Crippen molar-refractivity contribution in [1.29, 1.82) is 0 Å². The third-order valence-electron chi connectivity index (χ3n) is 5.68. The second kappa shape index (κ2) is 11.5. The first-order valence-electron chi connectivity index (χ1n) is 11.1. The Hall–Kier alpha value is -3.43. The van der Waals surface area contributed by atoms with Crippen molar-refractivity contribution in [3.8, 4) is 0 Å². The summed E-state index contributed by atoms with van der Waals surface area (Å²) in [6.07, 6.45) is 0. The molecular weight excluding hydrogens is 505 g/mol. The first-order chi connectivity index (χ1) is 17.0. The van der Waals surface area contributed by atoms with Crippen molar-refractivity contribution >= 4 is 39.1 Å². The summed E-state index contributed by atoms with van der Waals surface area (Å²) in [5.41, 5.74) is 1.79. The van der Waals surface area contributed by atoms with E-state index in [0.717, 1.165) is 9.87 Å². The molecule has 2 amide bonds. The molecule has 10 heteroatoms. The maximum atomic E-state index is 13.6. The number of sulfonamides is 1. The lowest BCUT2D eigenvalue weighted by molar-refractivity contribution is -0.139. The molecule has 0 aliphatic carbocycles. The Balaban J connectivity index is 2.01. The molecule has 0 bridgehead atoms. The molecule has 3 rings (SSSR count). The van der Waals surface area contributed by atoms with Crippen LogP contribution in [0.5, 0.6) is 0 Å². The summed E-state index contributed by atoms with van der Waals surface area (Å²) in [6.45, 7) is 2.83. The number of nitrogens with one attached hydrogen (secondary N) is 1. The molecule has 0 aliphatic rings. The molecule has 0 unspecified atom stereocenters. The maximum absolute atomic E-state index is 13.6. The van der Waals surface area contributed by atoms with Crippen LogP contribution in [0.3, 0.4) is 0 Å².